The Balaban J connectivity index is 1.92. The Morgan fingerprint density at radius 3 is 2.58 bits per heavy atom. The van der Waals surface area contributed by atoms with E-state index in [0.29, 0.717) is 34.5 Å². The summed E-state index contributed by atoms with van der Waals surface area (Å²) in [5.74, 6) is 1.86. The number of aromatic nitrogens is 5. The summed E-state index contributed by atoms with van der Waals surface area (Å²) in [6.07, 6.45) is 7.98. The van der Waals surface area contributed by atoms with Crippen LogP contribution in [0.3, 0.4) is 0 Å². The first-order valence-corrected chi connectivity index (χ1v) is 10.6. The molecule has 3 heterocycles. The summed E-state index contributed by atoms with van der Waals surface area (Å²) in [6.45, 7) is 12.6. The van der Waals surface area contributed by atoms with E-state index < -0.39 is 5.41 Å². The highest BCUT2D eigenvalue weighted by atomic mass is 16.5. The van der Waals surface area contributed by atoms with Gasteiger partial charge in [-0.05, 0) is 31.4 Å². The van der Waals surface area contributed by atoms with E-state index in [1.54, 1.807) is 18.6 Å². The van der Waals surface area contributed by atoms with Crippen molar-refractivity contribution in [3.05, 3.63) is 66.4 Å². The Morgan fingerprint density at radius 2 is 2.03 bits per heavy atom. The third-order valence-electron chi connectivity index (χ3n) is 5.48. The van der Waals surface area contributed by atoms with Crippen molar-refractivity contribution in [1.82, 2.24) is 25.1 Å². The number of pyridine rings is 1. The molecule has 172 valence electrons. The van der Waals surface area contributed by atoms with Gasteiger partial charge in [0.15, 0.2) is 5.82 Å². The lowest BCUT2D eigenvalue weighted by Gasteiger charge is -2.30. The highest BCUT2D eigenvalue weighted by molar-refractivity contribution is 6.09. The second kappa shape index (κ2) is 10.0. The Hall–Kier alpha value is -4.08. The van der Waals surface area contributed by atoms with Gasteiger partial charge in [-0.2, -0.15) is 4.98 Å². The highest BCUT2D eigenvalue weighted by Crippen LogP contribution is 2.38. The molecule has 0 aliphatic heterocycles. The largest absolute Gasteiger partial charge is 0.404 e. The fraction of sp³-hybridized carbons (Fsp3) is 0.304. The van der Waals surface area contributed by atoms with Crippen molar-refractivity contribution in [3.8, 4) is 11.6 Å². The molecule has 33 heavy (non-hydrogen) atoms. The first-order valence-electron chi connectivity index (χ1n) is 10.6. The number of allylic oxidation sites excluding steroid dienone is 1. The SMILES string of the molecule is C=C(N)/N=C\C(=C/N)c1ccc([C@@](C)(c2noc(-c3cnc(NCC)cn3)n2)C(C)C)cn1. The molecular weight excluding hydrogens is 418 g/mol. The topological polar surface area (TPSA) is 154 Å². The fourth-order valence-electron chi connectivity index (χ4n) is 3.19. The van der Waals surface area contributed by atoms with Crippen LogP contribution in [0.15, 0.2) is 58.8 Å². The minimum Gasteiger partial charge on any atom is -0.404 e. The van der Waals surface area contributed by atoms with E-state index in [2.05, 4.69) is 62.8 Å². The lowest BCUT2D eigenvalue weighted by Crippen LogP contribution is -2.31. The normalized spacial score (nSPS) is 13.9. The third kappa shape index (κ3) is 5.05. The minimum absolute atomic E-state index is 0.143. The Kier molecular flexibility index (Phi) is 7.17. The first kappa shape index (κ1) is 23.6. The van der Waals surface area contributed by atoms with E-state index in [-0.39, 0.29) is 11.7 Å². The monoisotopic (exact) mass is 447 g/mol. The molecule has 1 atom stereocenters. The molecule has 0 aliphatic carbocycles. The zero-order valence-electron chi connectivity index (χ0n) is 19.3. The molecule has 0 aromatic carbocycles. The third-order valence-corrected chi connectivity index (χ3v) is 5.48. The van der Waals surface area contributed by atoms with Crippen molar-refractivity contribution in [2.24, 2.45) is 22.4 Å². The second-order valence-electron chi connectivity index (χ2n) is 7.90. The van der Waals surface area contributed by atoms with Crippen molar-refractivity contribution in [2.45, 2.75) is 33.1 Å². The molecule has 3 aromatic heterocycles. The molecule has 10 heteroatoms. The molecule has 0 amide bonds. The highest BCUT2D eigenvalue weighted by Gasteiger charge is 2.38. The summed E-state index contributed by atoms with van der Waals surface area (Å²) in [6, 6.07) is 3.84. The Bertz CT molecular complexity index is 1150. The van der Waals surface area contributed by atoms with Crippen LogP contribution in [0.25, 0.3) is 17.2 Å². The molecule has 0 unspecified atom stereocenters. The molecule has 0 radical (unpaired) electrons. The number of nitrogens with zero attached hydrogens (tertiary/aromatic N) is 6. The fourth-order valence-corrected chi connectivity index (χ4v) is 3.19. The predicted molar refractivity (Wildman–Crippen MR) is 129 cm³/mol. The van der Waals surface area contributed by atoms with Gasteiger partial charge in [-0.1, -0.05) is 31.6 Å². The summed E-state index contributed by atoms with van der Waals surface area (Å²) < 4.78 is 5.53. The van der Waals surface area contributed by atoms with Crippen LogP contribution in [0.2, 0.25) is 0 Å². The molecule has 3 rings (SSSR count). The molecule has 0 fully saturated rings. The minimum atomic E-state index is -0.559. The first-order chi connectivity index (χ1) is 15.8. The van der Waals surface area contributed by atoms with Crippen LogP contribution >= 0.6 is 0 Å². The van der Waals surface area contributed by atoms with E-state index in [1.165, 1.54) is 12.4 Å². The van der Waals surface area contributed by atoms with Crippen molar-refractivity contribution in [2.75, 3.05) is 11.9 Å². The smallest absolute Gasteiger partial charge is 0.278 e. The number of hydrogen-bond acceptors (Lipinski definition) is 10. The average Bonchev–Trinajstić information content (AvgIpc) is 3.30. The maximum atomic E-state index is 5.73. The van der Waals surface area contributed by atoms with Gasteiger partial charge >= 0.3 is 0 Å². The van der Waals surface area contributed by atoms with Crippen LogP contribution < -0.4 is 16.8 Å². The molecule has 0 spiro atoms. The van der Waals surface area contributed by atoms with E-state index in [1.807, 2.05) is 19.1 Å². The van der Waals surface area contributed by atoms with Crippen LogP contribution in [-0.4, -0.2) is 37.9 Å². The lowest BCUT2D eigenvalue weighted by molar-refractivity contribution is 0.350. The Labute approximate surface area is 193 Å². The van der Waals surface area contributed by atoms with Gasteiger partial charge < -0.3 is 21.3 Å². The van der Waals surface area contributed by atoms with Gasteiger partial charge in [-0.3, -0.25) is 4.98 Å². The van der Waals surface area contributed by atoms with Gasteiger partial charge in [-0.25, -0.2) is 15.0 Å². The van der Waals surface area contributed by atoms with Gasteiger partial charge in [0.1, 0.15) is 17.3 Å². The molecule has 5 N–H and O–H groups in total. The number of nitrogens with one attached hydrogen (secondary N) is 1. The van der Waals surface area contributed by atoms with E-state index in [0.717, 1.165) is 12.1 Å². The zero-order valence-corrected chi connectivity index (χ0v) is 19.3. The zero-order chi connectivity index (χ0) is 24.0. The molecule has 0 saturated carbocycles. The van der Waals surface area contributed by atoms with Crippen molar-refractivity contribution in [1.29, 1.82) is 0 Å². The van der Waals surface area contributed by atoms with E-state index >= 15 is 0 Å². The number of rotatable bonds is 9. The van der Waals surface area contributed by atoms with E-state index in [4.69, 9.17) is 16.0 Å². The van der Waals surface area contributed by atoms with Gasteiger partial charge in [0.05, 0.1) is 23.5 Å². The van der Waals surface area contributed by atoms with Crippen LogP contribution in [0.4, 0.5) is 5.82 Å². The standard InChI is InChI=1S/C23H29N9O/c1-6-26-20-13-29-19(12-30-20)21-31-22(32-33-21)23(5,14(2)3)17-7-8-18(28-11-17)16(9-24)10-27-15(4)25/h7-14H,4,6,24-25H2,1-3,5H3,(H,26,30)/b16-9+,27-10-/t23-/m0/s1. The van der Waals surface area contributed by atoms with Crippen molar-refractivity contribution < 1.29 is 4.52 Å². The van der Waals surface area contributed by atoms with Gasteiger partial charge in [0.2, 0.25) is 0 Å². The summed E-state index contributed by atoms with van der Waals surface area (Å²) >= 11 is 0. The Morgan fingerprint density at radius 1 is 1.24 bits per heavy atom. The molecule has 3 aromatic rings. The number of hydrogen-bond donors (Lipinski definition) is 3. The van der Waals surface area contributed by atoms with Crippen LogP contribution in [0.1, 0.15) is 44.8 Å². The maximum Gasteiger partial charge on any atom is 0.278 e. The van der Waals surface area contributed by atoms with Gasteiger partial charge in [0.25, 0.3) is 5.89 Å². The lowest BCUT2D eigenvalue weighted by atomic mass is 9.73. The van der Waals surface area contributed by atoms with E-state index in [9.17, 15) is 0 Å². The van der Waals surface area contributed by atoms with Crippen LogP contribution in [-0.2, 0) is 5.41 Å². The summed E-state index contributed by atoms with van der Waals surface area (Å²) in [5, 5.41) is 7.37. The number of nitrogens with two attached hydrogens (primary N) is 2. The second-order valence-corrected chi connectivity index (χ2v) is 7.90. The number of aliphatic imine (C=N–C) groups is 1. The number of anilines is 1. The molecule has 10 nitrogen and oxygen atoms in total. The molecule has 0 saturated heterocycles. The summed E-state index contributed by atoms with van der Waals surface area (Å²) in [4.78, 5) is 21.9. The van der Waals surface area contributed by atoms with Gasteiger partial charge in [0, 0.05) is 30.7 Å². The summed E-state index contributed by atoms with van der Waals surface area (Å²) in [5.41, 5.74) is 13.4. The quantitative estimate of drug-likeness (QED) is 0.420. The molecule has 0 aliphatic rings. The van der Waals surface area contributed by atoms with Crippen LogP contribution in [0.5, 0.6) is 0 Å². The molecular formula is C23H29N9O. The summed E-state index contributed by atoms with van der Waals surface area (Å²) in [7, 11) is 0. The van der Waals surface area contributed by atoms with Crippen molar-refractivity contribution >= 4 is 17.6 Å². The average molecular weight is 448 g/mol. The molecule has 0 bridgehead atoms. The van der Waals surface area contributed by atoms with Crippen LogP contribution in [0, 0.1) is 5.92 Å². The van der Waals surface area contributed by atoms with Gasteiger partial charge in [-0.15, -0.1) is 0 Å². The maximum absolute atomic E-state index is 5.73. The van der Waals surface area contributed by atoms with Crippen molar-refractivity contribution in [3.63, 3.8) is 0 Å². The predicted octanol–water partition coefficient (Wildman–Crippen LogP) is 3.12.